The molecule has 92 valence electrons. The van der Waals surface area contributed by atoms with Gasteiger partial charge in [-0.2, -0.15) is 0 Å². The van der Waals surface area contributed by atoms with Gasteiger partial charge < -0.3 is 5.73 Å². The van der Waals surface area contributed by atoms with Crippen molar-refractivity contribution in [3.63, 3.8) is 0 Å². The predicted molar refractivity (Wildman–Crippen MR) is 78.0 cm³/mol. The van der Waals surface area contributed by atoms with Crippen molar-refractivity contribution in [2.75, 3.05) is 0 Å². The van der Waals surface area contributed by atoms with E-state index < -0.39 is 0 Å². The van der Waals surface area contributed by atoms with E-state index >= 15 is 0 Å². The molecule has 0 unspecified atom stereocenters. The molecule has 2 aromatic rings. The molecule has 0 aromatic heterocycles. The van der Waals surface area contributed by atoms with Gasteiger partial charge in [0, 0.05) is 20.4 Å². The van der Waals surface area contributed by atoms with Crippen LogP contribution in [-0.2, 0) is 0 Å². The highest BCUT2D eigenvalue weighted by molar-refractivity contribution is 7.99. The number of hydrogen-bond donors (Lipinski definition) is 2. The molecule has 0 saturated heterocycles. The van der Waals surface area contributed by atoms with Gasteiger partial charge in [0.1, 0.15) is 5.84 Å². The minimum absolute atomic E-state index is 0.0250. The maximum atomic E-state index is 7.36. The number of amidine groups is 1. The molecule has 0 atom stereocenters. The Labute approximate surface area is 120 Å². The Balaban J connectivity index is 2.22. The molecular weight excluding hydrogens is 287 g/mol. The first-order chi connectivity index (χ1) is 8.56. The number of benzene rings is 2. The number of nitrogens with one attached hydrogen (secondary N) is 1. The average molecular weight is 297 g/mol. The lowest BCUT2D eigenvalue weighted by Gasteiger charge is -2.06. The summed E-state index contributed by atoms with van der Waals surface area (Å²) in [6, 6.07) is 13.0. The van der Waals surface area contributed by atoms with Gasteiger partial charge in [-0.15, -0.1) is 0 Å². The van der Waals surface area contributed by atoms with Crippen LogP contribution in [0.15, 0.2) is 52.3 Å². The molecule has 0 amide bonds. The Morgan fingerprint density at radius 3 is 2.17 bits per heavy atom. The van der Waals surface area contributed by atoms with E-state index in [9.17, 15) is 0 Å². The monoisotopic (exact) mass is 296 g/mol. The lowest BCUT2D eigenvalue weighted by molar-refractivity contribution is 1.37. The summed E-state index contributed by atoms with van der Waals surface area (Å²) in [7, 11) is 0. The van der Waals surface area contributed by atoms with Gasteiger partial charge in [0.2, 0.25) is 0 Å². The number of nitrogen functional groups attached to an aromatic ring is 1. The summed E-state index contributed by atoms with van der Waals surface area (Å²) in [5.41, 5.74) is 5.96. The summed E-state index contributed by atoms with van der Waals surface area (Å²) in [6.07, 6.45) is 0. The van der Waals surface area contributed by atoms with Crippen molar-refractivity contribution in [2.24, 2.45) is 5.73 Å². The second-order valence-electron chi connectivity index (χ2n) is 3.61. The van der Waals surface area contributed by atoms with Gasteiger partial charge in [-0.25, -0.2) is 0 Å². The summed E-state index contributed by atoms with van der Waals surface area (Å²) in [5, 5.41) is 8.56. The fourth-order valence-corrected chi connectivity index (χ4v) is 2.75. The van der Waals surface area contributed by atoms with E-state index in [2.05, 4.69) is 0 Å². The van der Waals surface area contributed by atoms with E-state index in [1.165, 1.54) is 0 Å². The van der Waals surface area contributed by atoms with Crippen LogP contribution >= 0.6 is 35.0 Å². The first kappa shape index (κ1) is 13.3. The molecule has 2 aromatic carbocycles. The standard InChI is InChI=1S/C13H10Cl2N2S/c14-8-1-3-9(4-2-8)18-10-5-6-11(13(16)17)12(15)7-10/h1-7H,(H3,16,17). The van der Waals surface area contributed by atoms with Crippen LogP contribution in [0.5, 0.6) is 0 Å². The van der Waals surface area contributed by atoms with Crippen molar-refractivity contribution >= 4 is 40.8 Å². The maximum absolute atomic E-state index is 7.36. The second kappa shape index (κ2) is 5.65. The van der Waals surface area contributed by atoms with E-state index in [1.807, 2.05) is 30.3 Å². The highest BCUT2D eigenvalue weighted by Gasteiger charge is 2.05. The molecule has 0 saturated carbocycles. The molecule has 3 N–H and O–H groups in total. The zero-order valence-corrected chi connectivity index (χ0v) is 11.6. The first-order valence-electron chi connectivity index (χ1n) is 5.13. The summed E-state index contributed by atoms with van der Waals surface area (Å²) < 4.78 is 0. The molecule has 2 nitrogen and oxygen atoms in total. The number of nitrogens with two attached hydrogens (primary N) is 1. The fraction of sp³-hybridized carbons (Fsp3) is 0. The lowest BCUT2D eigenvalue weighted by Crippen LogP contribution is -2.11. The quantitative estimate of drug-likeness (QED) is 0.650. The largest absolute Gasteiger partial charge is 0.384 e. The van der Waals surface area contributed by atoms with Gasteiger partial charge in [0.05, 0.1) is 5.02 Å². The maximum Gasteiger partial charge on any atom is 0.124 e. The predicted octanol–water partition coefficient (Wildman–Crippen LogP) is 4.43. The molecule has 5 heteroatoms. The van der Waals surface area contributed by atoms with Crippen LogP contribution in [0, 0.1) is 5.41 Å². The van der Waals surface area contributed by atoms with Gasteiger partial charge >= 0.3 is 0 Å². The van der Waals surface area contributed by atoms with Crippen molar-refractivity contribution in [3.05, 3.63) is 58.1 Å². The van der Waals surface area contributed by atoms with E-state index in [1.54, 1.807) is 23.9 Å². The molecule has 0 aliphatic heterocycles. The molecule has 0 aliphatic rings. The zero-order valence-electron chi connectivity index (χ0n) is 9.28. The van der Waals surface area contributed by atoms with E-state index in [0.717, 1.165) is 9.79 Å². The Bertz CT molecular complexity index is 582. The third-order valence-electron chi connectivity index (χ3n) is 2.28. The second-order valence-corrected chi connectivity index (χ2v) is 5.60. The average Bonchev–Trinajstić information content (AvgIpc) is 2.32. The van der Waals surface area contributed by atoms with Gasteiger partial charge in [0.25, 0.3) is 0 Å². The van der Waals surface area contributed by atoms with Crippen molar-refractivity contribution in [1.29, 1.82) is 5.41 Å². The number of rotatable bonds is 3. The van der Waals surface area contributed by atoms with Crippen LogP contribution in [0.4, 0.5) is 0 Å². The van der Waals surface area contributed by atoms with Crippen LogP contribution in [-0.4, -0.2) is 5.84 Å². The smallest absolute Gasteiger partial charge is 0.124 e. The lowest BCUT2D eigenvalue weighted by atomic mass is 10.2. The Morgan fingerprint density at radius 2 is 1.61 bits per heavy atom. The van der Waals surface area contributed by atoms with E-state index in [4.69, 9.17) is 34.3 Å². The van der Waals surface area contributed by atoms with Crippen LogP contribution in [0.2, 0.25) is 10.0 Å². The highest BCUT2D eigenvalue weighted by Crippen LogP contribution is 2.31. The Kier molecular flexibility index (Phi) is 4.17. The molecular formula is C13H10Cl2N2S. The molecule has 0 fully saturated rings. The third kappa shape index (κ3) is 3.19. The van der Waals surface area contributed by atoms with Crippen LogP contribution in [0.3, 0.4) is 0 Å². The number of hydrogen-bond acceptors (Lipinski definition) is 2. The molecule has 0 spiro atoms. The Hall–Kier alpha value is -1.16. The minimum atomic E-state index is -0.0250. The van der Waals surface area contributed by atoms with E-state index in [0.29, 0.717) is 15.6 Å². The highest BCUT2D eigenvalue weighted by atomic mass is 35.5. The molecule has 2 rings (SSSR count). The molecule has 18 heavy (non-hydrogen) atoms. The normalized spacial score (nSPS) is 10.3. The van der Waals surface area contributed by atoms with Gasteiger partial charge in [-0.3, -0.25) is 5.41 Å². The fourth-order valence-electron chi connectivity index (χ4n) is 1.42. The summed E-state index contributed by atoms with van der Waals surface area (Å²) in [6.45, 7) is 0. The van der Waals surface area contributed by atoms with Gasteiger partial charge in [-0.1, -0.05) is 35.0 Å². The molecule has 0 radical (unpaired) electrons. The topological polar surface area (TPSA) is 49.9 Å². The van der Waals surface area contributed by atoms with Crippen molar-refractivity contribution in [1.82, 2.24) is 0 Å². The van der Waals surface area contributed by atoms with Crippen molar-refractivity contribution in [3.8, 4) is 0 Å². The van der Waals surface area contributed by atoms with Crippen LogP contribution in [0.1, 0.15) is 5.56 Å². The van der Waals surface area contributed by atoms with Gasteiger partial charge in [0.15, 0.2) is 0 Å². The molecule has 0 heterocycles. The zero-order chi connectivity index (χ0) is 13.1. The summed E-state index contributed by atoms with van der Waals surface area (Å²) in [4.78, 5) is 2.07. The summed E-state index contributed by atoms with van der Waals surface area (Å²) in [5.74, 6) is -0.0250. The summed E-state index contributed by atoms with van der Waals surface area (Å²) >= 11 is 13.5. The van der Waals surface area contributed by atoms with Crippen LogP contribution in [0.25, 0.3) is 0 Å². The van der Waals surface area contributed by atoms with Gasteiger partial charge in [-0.05, 0) is 42.5 Å². The molecule has 0 aliphatic carbocycles. The molecule has 0 bridgehead atoms. The van der Waals surface area contributed by atoms with Crippen molar-refractivity contribution in [2.45, 2.75) is 9.79 Å². The Morgan fingerprint density at radius 1 is 1.00 bits per heavy atom. The van der Waals surface area contributed by atoms with E-state index in [-0.39, 0.29) is 5.84 Å². The third-order valence-corrected chi connectivity index (χ3v) is 3.84. The number of halogens is 2. The van der Waals surface area contributed by atoms with Crippen molar-refractivity contribution < 1.29 is 0 Å². The SMILES string of the molecule is N=C(N)c1ccc(Sc2ccc(Cl)cc2)cc1Cl. The first-order valence-corrected chi connectivity index (χ1v) is 6.71. The van der Waals surface area contributed by atoms with Crippen LogP contribution < -0.4 is 5.73 Å². The minimum Gasteiger partial charge on any atom is -0.384 e.